The zero-order chi connectivity index (χ0) is 18.4. The first-order chi connectivity index (χ1) is 11.8. The van der Waals surface area contributed by atoms with Gasteiger partial charge >= 0.3 is 5.97 Å². The van der Waals surface area contributed by atoms with Gasteiger partial charge in [-0.25, -0.2) is 9.18 Å². The number of halogens is 3. The van der Waals surface area contributed by atoms with Gasteiger partial charge in [-0.2, -0.15) is 0 Å². The molecule has 0 bridgehead atoms. The Kier molecular flexibility index (Phi) is 6.61. The smallest absolute Gasteiger partial charge is 0.344 e. The Morgan fingerprint density at radius 3 is 2.56 bits per heavy atom. The van der Waals surface area contributed by atoms with Crippen molar-refractivity contribution in [2.45, 2.75) is 13.0 Å². The van der Waals surface area contributed by atoms with E-state index in [-0.39, 0.29) is 10.7 Å². The zero-order valence-corrected chi connectivity index (χ0v) is 14.6. The van der Waals surface area contributed by atoms with Crippen molar-refractivity contribution in [2.75, 3.05) is 11.9 Å². The minimum atomic E-state index is -1.13. The van der Waals surface area contributed by atoms with Crippen LogP contribution in [0.4, 0.5) is 10.1 Å². The SMILES string of the molecule is C[C@H](OC(=O)COc1cccc(Cl)c1)C(=O)Nc1ccc(Cl)cc1F. The van der Waals surface area contributed by atoms with Crippen LogP contribution in [0.15, 0.2) is 42.5 Å². The first kappa shape index (κ1) is 19.0. The van der Waals surface area contributed by atoms with Gasteiger partial charge in [0.1, 0.15) is 11.6 Å². The van der Waals surface area contributed by atoms with E-state index in [1.54, 1.807) is 18.2 Å². The van der Waals surface area contributed by atoms with Gasteiger partial charge in [0.25, 0.3) is 5.91 Å². The maximum atomic E-state index is 13.6. The molecule has 0 saturated carbocycles. The second-order valence-corrected chi connectivity index (χ2v) is 5.86. The molecule has 132 valence electrons. The fourth-order valence-corrected chi connectivity index (χ4v) is 2.15. The van der Waals surface area contributed by atoms with Crippen LogP contribution in [0.3, 0.4) is 0 Å². The number of amides is 1. The maximum absolute atomic E-state index is 13.6. The average Bonchev–Trinajstić information content (AvgIpc) is 2.55. The van der Waals surface area contributed by atoms with Crippen LogP contribution in [-0.2, 0) is 14.3 Å². The average molecular weight is 386 g/mol. The van der Waals surface area contributed by atoms with E-state index in [0.29, 0.717) is 10.8 Å². The highest BCUT2D eigenvalue weighted by Crippen LogP contribution is 2.19. The Balaban J connectivity index is 1.84. The summed E-state index contributed by atoms with van der Waals surface area (Å²) < 4.78 is 23.8. The number of nitrogens with one attached hydrogen (secondary N) is 1. The number of carbonyl (C=O) groups is 2. The molecule has 0 fully saturated rings. The van der Waals surface area contributed by atoms with Crippen LogP contribution in [-0.4, -0.2) is 24.6 Å². The predicted molar refractivity (Wildman–Crippen MR) is 92.5 cm³/mol. The summed E-state index contributed by atoms with van der Waals surface area (Å²) in [7, 11) is 0. The van der Waals surface area contributed by atoms with Crippen molar-refractivity contribution in [3.8, 4) is 5.75 Å². The third-order valence-electron chi connectivity index (χ3n) is 3.02. The number of ether oxygens (including phenoxy) is 2. The van der Waals surface area contributed by atoms with Crippen molar-refractivity contribution in [3.05, 3.63) is 58.3 Å². The summed E-state index contributed by atoms with van der Waals surface area (Å²) in [5.74, 6) is -1.73. The van der Waals surface area contributed by atoms with Gasteiger partial charge in [0.15, 0.2) is 12.7 Å². The van der Waals surface area contributed by atoms with Crippen LogP contribution in [0.1, 0.15) is 6.92 Å². The highest BCUT2D eigenvalue weighted by molar-refractivity contribution is 6.31. The van der Waals surface area contributed by atoms with Gasteiger partial charge in [-0.3, -0.25) is 4.79 Å². The van der Waals surface area contributed by atoms with Crippen molar-refractivity contribution < 1.29 is 23.5 Å². The summed E-state index contributed by atoms with van der Waals surface area (Å²) in [6.07, 6.45) is -1.13. The molecule has 1 atom stereocenters. The molecule has 0 unspecified atom stereocenters. The van der Waals surface area contributed by atoms with Gasteiger partial charge in [0.2, 0.25) is 0 Å². The third-order valence-corrected chi connectivity index (χ3v) is 3.49. The van der Waals surface area contributed by atoms with Crippen LogP contribution in [0.2, 0.25) is 10.0 Å². The molecule has 0 radical (unpaired) electrons. The van der Waals surface area contributed by atoms with E-state index in [1.807, 2.05) is 0 Å². The Labute approximate surface area is 153 Å². The number of benzene rings is 2. The van der Waals surface area contributed by atoms with E-state index in [0.717, 1.165) is 6.07 Å². The van der Waals surface area contributed by atoms with E-state index in [4.69, 9.17) is 32.7 Å². The van der Waals surface area contributed by atoms with Gasteiger partial charge in [0.05, 0.1) is 5.69 Å². The number of carbonyl (C=O) groups excluding carboxylic acids is 2. The van der Waals surface area contributed by atoms with Crippen LogP contribution >= 0.6 is 23.2 Å². The lowest BCUT2D eigenvalue weighted by Crippen LogP contribution is -2.31. The molecule has 1 N–H and O–H groups in total. The lowest BCUT2D eigenvalue weighted by Gasteiger charge is -2.14. The van der Waals surface area contributed by atoms with E-state index in [1.165, 1.54) is 25.1 Å². The monoisotopic (exact) mass is 385 g/mol. The van der Waals surface area contributed by atoms with Crippen LogP contribution in [0.5, 0.6) is 5.75 Å². The highest BCUT2D eigenvalue weighted by atomic mass is 35.5. The van der Waals surface area contributed by atoms with Crippen LogP contribution in [0.25, 0.3) is 0 Å². The minimum Gasteiger partial charge on any atom is -0.482 e. The molecule has 0 aliphatic carbocycles. The minimum absolute atomic E-state index is 0.0625. The van der Waals surface area contributed by atoms with Gasteiger partial charge in [-0.05, 0) is 43.3 Å². The molecule has 0 heterocycles. The Hall–Kier alpha value is -2.31. The van der Waals surface area contributed by atoms with Crippen LogP contribution in [0, 0.1) is 5.82 Å². The summed E-state index contributed by atoms with van der Waals surface area (Å²) in [4.78, 5) is 23.7. The molecule has 5 nitrogen and oxygen atoms in total. The fraction of sp³-hybridized carbons (Fsp3) is 0.176. The normalized spacial score (nSPS) is 11.5. The first-order valence-corrected chi connectivity index (χ1v) is 7.94. The van der Waals surface area contributed by atoms with Crippen molar-refractivity contribution in [1.82, 2.24) is 0 Å². The van der Waals surface area contributed by atoms with Gasteiger partial charge in [0, 0.05) is 10.0 Å². The number of anilines is 1. The number of rotatable bonds is 6. The van der Waals surface area contributed by atoms with Crippen LogP contribution < -0.4 is 10.1 Å². The molecule has 0 aliphatic rings. The number of esters is 1. The molecule has 8 heteroatoms. The van der Waals surface area contributed by atoms with Gasteiger partial charge in [-0.1, -0.05) is 29.3 Å². The molecule has 1 amide bonds. The van der Waals surface area contributed by atoms with E-state index >= 15 is 0 Å². The summed E-state index contributed by atoms with van der Waals surface area (Å²) >= 11 is 11.4. The molecule has 2 rings (SSSR count). The van der Waals surface area contributed by atoms with E-state index < -0.39 is 30.4 Å². The molecule has 0 aromatic heterocycles. The van der Waals surface area contributed by atoms with Gasteiger partial charge in [-0.15, -0.1) is 0 Å². The molecule has 0 spiro atoms. The Morgan fingerprint density at radius 2 is 1.88 bits per heavy atom. The predicted octanol–water partition coefficient (Wildman–Crippen LogP) is 4.08. The fourth-order valence-electron chi connectivity index (χ4n) is 1.81. The first-order valence-electron chi connectivity index (χ1n) is 7.19. The second-order valence-electron chi connectivity index (χ2n) is 4.99. The van der Waals surface area contributed by atoms with Gasteiger partial charge < -0.3 is 14.8 Å². The quantitative estimate of drug-likeness (QED) is 0.760. The summed E-state index contributed by atoms with van der Waals surface area (Å²) in [6, 6.07) is 10.3. The van der Waals surface area contributed by atoms with Crippen molar-refractivity contribution in [2.24, 2.45) is 0 Å². The lowest BCUT2D eigenvalue weighted by molar-refractivity contribution is -0.155. The zero-order valence-electron chi connectivity index (χ0n) is 13.1. The van der Waals surface area contributed by atoms with Crippen molar-refractivity contribution in [1.29, 1.82) is 0 Å². The van der Waals surface area contributed by atoms with Crippen molar-refractivity contribution in [3.63, 3.8) is 0 Å². The van der Waals surface area contributed by atoms with E-state index in [2.05, 4.69) is 5.32 Å². The number of hydrogen-bond acceptors (Lipinski definition) is 4. The maximum Gasteiger partial charge on any atom is 0.344 e. The summed E-state index contributed by atoms with van der Waals surface area (Å²) in [5.41, 5.74) is -0.0625. The Bertz CT molecular complexity index is 785. The standard InChI is InChI=1S/C17H14Cl2FNO4/c1-10(17(23)21-15-6-5-12(19)8-14(15)20)25-16(22)9-24-13-4-2-3-11(18)7-13/h2-8,10H,9H2,1H3,(H,21,23)/t10-/m0/s1. The van der Waals surface area contributed by atoms with Crippen molar-refractivity contribution >= 4 is 40.8 Å². The lowest BCUT2D eigenvalue weighted by atomic mass is 10.3. The Morgan fingerprint density at radius 1 is 1.16 bits per heavy atom. The largest absolute Gasteiger partial charge is 0.482 e. The second kappa shape index (κ2) is 8.69. The number of hydrogen-bond donors (Lipinski definition) is 1. The summed E-state index contributed by atoms with van der Waals surface area (Å²) in [5, 5.41) is 2.98. The van der Waals surface area contributed by atoms with E-state index in [9.17, 15) is 14.0 Å². The third kappa shape index (κ3) is 5.92. The molecular weight excluding hydrogens is 372 g/mol. The molecular formula is C17H14Cl2FNO4. The molecule has 0 saturated heterocycles. The highest BCUT2D eigenvalue weighted by Gasteiger charge is 2.19. The molecule has 0 aliphatic heterocycles. The molecule has 25 heavy (non-hydrogen) atoms. The molecule has 2 aromatic rings. The molecule has 2 aromatic carbocycles. The topological polar surface area (TPSA) is 64.6 Å². The summed E-state index contributed by atoms with van der Waals surface area (Å²) in [6.45, 7) is 0.966.